The van der Waals surface area contributed by atoms with Crippen LogP contribution >= 0.6 is 0 Å². The second-order valence-corrected chi connectivity index (χ2v) is 3.06. The van der Waals surface area contributed by atoms with E-state index >= 15 is 0 Å². The van der Waals surface area contributed by atoms with E-state index in [1.165, 1.54) is 0 Å². The smallest absolute Gasteiger partial charge is 0.547 e. The third-order valence-corrected chi connectivity index (χ3v) is 1.56. The van der Waals surface area contributed by atoms with Crippen LogP contribution < -0.4 is 26.6 Å². The Bertz CT molecular complexity index is 315. The number of aliphatic hydroxyl groups is 4. The van der Waals surface area contributed by atoms with Gasteiger partial charge in [0.05, 0.1) is 23.9 Å². The topological polar surface area (TPSA) is 278 Å². The molecule has 0 amide bonds. The van der Waals surface area contributed by atoms with Crippen molar-refractivity contribution in [1.29, 1.82) is 0 Å². The van der Waals surface area contributed by atoms with E-state index < -0.39 is 48.3 Å². The fourth-order valence-electron chi connectivity index (χ4n) is 0.516. The van der Waals surface area contributed by atoms with Gasteiger partial charge in [-0.2, -0.15) is 0 Å². The first-order valence-corrected chi connectivity index (χ1v) is 4.49. The number of rotatable bonds is 6. The van der Waals surface area contributed by atoms with E-state index in [9.17, 15) is 39.6 Å². The van der Waals surface area contributed by atoms with Gasteiger partial charge in [0.25, 0.3) is 0 Å². The van der Waals surface area contributed by atoms with Gasteiger partial charge in [0.2, 0.25) is 0 Å². The first-order chi connectivity index (χ1) is 8.93. The standard InChI is InChI=1S/2C4H6O6.Fe.H3N/c2*5-1(3(7)8)2(6)4(9)10;;/h2*1-2,5-6H,(H,7,8)(H,9,10);;1H3/q;;+3;/p-3/t2*1-,2-;;/m11../s1. The van der Waals surface area contributed by atoms with Crippen LogP contribution in [0.5, 0.6) is 0 Å². The molecule has 0 fully saturated rings. The SMILES string of the molecule is O=C([O-])[C@H](O)[C@@H](O)C(=O)[O-].O=C([O-])[C@H](O)[C@@H](O)C(=O)[O-].[Fe+3].[NH4+]. The number of aliphatic carboxylic acids is 4. The van der Waals surface area contributed by atoms with Crippen LogP contribution in [-0.4, -0.2) is 68.7 Å². The van der Waals surface area contributed by atoms with Gasteiger partial charge in [0.15, 0.2) is 0 Å². The van der Waals surface area contributed by atoms with Crippen LogP contribution in [0, 0.1) is 0 Å². The molecule has 14 heteroatoms. The van der Waals surface area contributed by atoms with Gasteiger partial charge in [-0.3, -0.25) is 0 Å². The quantitative estimate of drug-likeness (QED) is 0.272. The molecule has 0 aromatic carbocycles. The number of carbonyl (C=O) groups is 4. The van der Waals surface area contributed by atoms with E-state index in [4.69, 9.17) is 20.4 Å². The first-order valence-electron chi connectivity index (χ1n) is 4.49. The maximum Gasteiger partial charge on any atom is 3.00 e. The van der Waals surface area contributed by atoms with Gasteiger partial charge in [-0.25, -0.2) is 0 Å². The van der Waals surface area contributed by atoms with Crippen LogP contribution in [0.25, 0.3) is 0 Å². The van der Waals surface area contributed by atoms with Crippen molar-refractivity contribution in [3.8, 4) is 0 Å². The van der Waals surface area contributed by atoms with E-state index in [2.05, 4.69) is 0 Å². The summed E-state index contributed by atoms with van der Waals surface area (Å²) in [7, 11) is 0. The minimum absolute atomic E-state index is 0. The Morgan fingerprint density at radius 2 is 0.636 bits per heavy atom. The zero-order chi connectivity index (χ0) is 16.6. The van der Waals surface area contributed by atoms with E-state index in [0.29, 0.717) is 0 Å². The van der Waals surface area contributed by atoms with E-state index in [1.54, 1.807) is 0 Å². The van der Waals surface area contributed by atoms with Crippen molar-refractivity contribution in [3.63, 3.8) is 0 Å². The fourth-order valence-corrected chi connectivity index (χ4v) is 0.516. The van der Waals surface area contributed by atoms with Crippen LogP contribution in [0.2, 0.25) is 0 Å². The van der Waals surface area contributed by atoms with Crippen molar-refractivity contribution in [1.82, 2.24) is 6.15 Å². The number of carboxylic acid groups (broad SMARTS) is 4. The summed E-state index contributed by atoms with van der Waals surface area (Å²) < 4.78 is 0. The van der Waals surface area contributed by atoms with Gasteiger partial charge < -0.3 is 66.2 Å². The van der Waals surface area contributed by atoms with Crippen molar-refractivity contribution in [3.05, 3.63) is 0 Å². The number of hydrogen-bond acceptors (Lipinski definition) is 12. The second-order valence-electron chi connectivity index (χ2n) is 3.06. The molecule has 0 unspecified atom stereocenters. The third kappa shape index (κ3) is 10.9. The predicted molar refractivity (Wildman–Crippen MR) is 50.0 cm³/mol. The summed E-state index contributed by atoms with van der Waals surface area (Å²) in [5, 5.41) is 71.5. The summed E-state index contributed by atoms with van der Waals surface area (Å²) in [5.41, 5.74) is 0. The molecule has 0 saturated heterocycles. The summed E-state index contributed by atoms with van der Waals surface area (Å²) in [6, 6.07) is 0. The minimum atomic E-state index is -2.44. The summed E-state index contributed by atoms with van der Waals surface area (Å²) in [4.78, 5) is 38.5. The Morgan fingerprint density at radius 3 is 0.682 bits per heavy atom. The van der Waals surface area contributed by atoms with E-state index in [0.717, 1.165) is 0 Å². The van der Waals surface area contributed by atoms with Gasteiger partial charge in [-0.1, -0.05) is 0 Å². The zero-order valence-electron chi connectivity index (χ0n) is 10.7. The normalized spacial score (nSPS) is 14.4. The molecular weight excluding hydrogens is 358 g/mol. The van der Waals surface area contributed by atoms with Crippen LogP contribution in [0.15, 0.2) is 0 Å². The minimum Gasteiger partial charge on any atom is -0.547 e. The largest absolute Gasteiger partial charge is 3.00 e. The number of carbonyl (C=O) groups excluding carboxylic acids is 4. The molecule has 0 heterocycles. The van der Waals surface area contributed by atoms with Crippen molar-refractivity contribution in [2.75, 3.05) is 0 Å². The Kier molecular flexibility index (Phi) is 16.6. The first kappa shape index (κ1) is 28.4. The molecule has 4 atom stereocenters. The monoisotopic (exact) mass is 370 g/mol. The molecule has 0 aliphatic carbocycles. The molecule has 0 aliphatic rings. The molecule has 0 aromatic rings. The van der Waals surface area contributed by atoms with E-state index in [-0.39, 0.29) is 23.2 Å². The van der Waals surface area contributed by atoms with E-state index in [1.807, 2.05) is 0 Å². The molecule has 1 radical (unpaired) electrons. The fraction of sp³-hybridized carbons (Fsp3) is 0.500. The Morgan fingerprint density at radius 1 is 0.545 bits per heavy atom. The average Bonchev–Trinajstić information content (AvgIpc) is 2.35. The van der Waals surface area contributed by atoms with Crippen LogP contribution in [0.3, 0.4) is 0 Å². The second kappa shape index (κ2) is 12.9. The maximum absolute atomic E-state index is 9.63. The molecule has 13 nitrogen and oxygen atoms in total. The number of quaternary nitrogens is 1. The molecule has 8 N–H and O–H groups in total. The van der Waals surface area contributed by atoms with Gasteiger partial charge in [0, 0.05) is 0 Å². The van der Waals surface area contributed by atoms with Crippen LogP contribution in [-0.2, 0) is 36.2 Å². The Balaban J connectivity index is -0.000000135. The van der Waals surface area contributed by atoms with Gasteiger partial charge in [0.1, 0.15) is 24.4 Å². The molecule has 0 bridgehead atoms. The molecule has 0 rings (SSSR count). The molecule has 22 heavy (non-hydrogen) atoms. The summed E-state index contributed by atoms with van der Waals surface area (Å²) in [6.45, 7) is 0. The average molecular weight is 370 g/mol. The molecule has 0 aliphatic heterocycles. The zero-order valence-corrected chi connectivity index (χ0v) is 11.8. The molecule has 0 saturated carbocycles. The summed E-state index contributed by atoms with van der Waals surface area (Å²) in [6.07, 6.45) is -9.76. The van der Waals surface area contributed by atoms with Gasteiger partial charge >= 0.3 is 17.1 Å². The van der Waals surface area contributed by atoms with Gasteiger partial charge in [-0.05, 0) is 0 Å². The van der Waals surface area contributed by atoms with Crippen LogP contribution in [0.1, 0.15) is 0 Å². The van der Waals surface area contributed by atoms with Gasteiger partial charge in [-0.15, -0.1) is 0 Å². The molecule has 129 valence electrons. The van der Waals surface area contributed by atoms with Crippen LogP contribution in [0.4, 0.5) is 0 Å². The Labute approximate surface area is 132 Å². The third-order valence-electron chi connectivity index (χ3n) is 1.56. The number of hydrogen-bond donors (Lipinski definition) is 5. The maximum atomic E-state index is 9.63. The Hall–Kier alpha value is -1.80. The van der Waals surface area contributed by atoms with Crippen molar-refractivity contribution < 1.29 is 77.1 Å². The molecular formula is C8H12FeNO12. The summed E-state index contributed by atoms with van der Waals surface area (Å²) in [5.74, 6) is -8.23. The summed E-state index contributed by atoms with van der Waals surface area (Å²) >= 11 is 0. The van der Waals surface area contributed by atoms with Crippen molar-refractivity contribution in [2.24, 2.45) is 0 Å². The van der Waals surface area contributed by atoms with Crippen molar-refractivity contribution >= 4 is 23.9 Å². The molecule has 0 spiro atoms. The molecule has 0 aromatic heterocycles. The number of aliphatic hydroxyl groups excluding tert-OH is 4. The number of carboxylic acids is 4. The van der Waals surface area contributed by atoms with Crippen molar-refractivity contribution in [2.45, 2.75) is 24.4 Å². The predicted octanol–water partition coefficient (Wildman–Crippen LogP) is -9.21.